The highest BCUT2D eigenvalue weighted by molar-refractivity contribution is 5.97. The number of nitrogens with one attached hydrogen (secondary N) is 2. The second-order valence-corrected chi connectivity index (χ2v) is 9.10. The molecule has 35 heavy (non-hydrogen) atoms. The Morgan fingerprint density at radius 2 is 1.83 bits per heavy atom. The van der Waals surface area contributed by atoms with Gasteiger partial charge in [0, 0.05) is 38.8 Å². The lowest BCUT2D eigenvalue weighted by atomic mass is 9.85. The van der Waals surface area contributed by atoms with E-state index in [4.69, 9.17) is 0 Å². The molecule has 0 bridgehead atoms. The number of aliphatic hydroxyl groups is 4. The Morgan fingerprint density at radius 1 is 1.06 bits per heavy atom. The molecule has 2 aliphatic rings. The van der Waals surface area contributed by atoms with Gasteiger partial charge in [0.05, 0.1) is 17.6 Å². The quantitative estimate of drug-likeness (QED) is 0.281. The first-order chi connectivity index (χ1) is 16.9. The predicted molar refractivity (Wildman–Crippen MR) is 128 cm³/mol. The number of rotatable bonds is 7. The van der Waals surface area contributed by atoms with E-state index in [2.05, 4.69) is 20.6 Å². The maximum atomic E-state index is 12.6. The highest BCUT2D eigenvalue weighted by Gasteiger charge is 2.30. The summed E-state index contributed by atoms with van der Waals surface area (Å²) in [6.07, 6.45) is -0.847. The number of nitrogens with zero attached hydrogens (tertiary/aromatic N) is 4. The maximum Gasteiger partial charge on any atom is 0.323 e. The number of carbonyl (C=O) groups is 1. The highest BCUT2D eigenvalue weighted by Crippen LogP contribution is 2.30. The van der Waals surface area contributed by atoms with Crippen LogP contribution < -0.4 is 10.6 Å². The van der Waals surface area contributed by atoms with Crippen molar-refractivity contribution in [2.24, 2.45) is 0 Å². The number of carbonyl (C=O) groups excluding carboxylic acids is 1. The Morgan fingerprint density at radius 3 is 2.54 bits per heavy atom. The van der Waals surface area contributed by atoms with Crippen LogP contribution in [0.2, 0.25) is 0 Å². The number of urea groups is 1. The van der Waals surface area contributed by atoms with Gasteiger partial charge in [-0.3, -0.25) is 5.32 Å². The average molecular weight is 483 g/mol. The number of aryl methyl sites for hydroxylation is 2. The lowest BCUT2D eigenvalue weighted by Gasteiger charge is -2.27. The first kappa shape index (κ1) is 23.6. The van der Waals surface area contributed by atoms with Crippen LogP contribution in [0.3, 0.4) is 0 Å². The summed E-state index contributed by atoms with van der Waals surface area (Å²) in [4.78, 5) is 22.6. The highest BCUT2D eigenvalue weighted by atomic mass is 16.4. The Balaban J connectivity index is 1.27. The van der Waals surface area contributed by atoms with E-state index in [0.717, 1.165) is 25.9 Å². The van der Waals surface area contributed by atoms with Crippen LogP contribution in [0, 0.1) is 0 Å². The molecule has 6 N–H and O–H groups in total. The molecule has 0 spiro atoms. The van der Waals surface area contributed by atoms with Gasteiger partial charge in [0.2, 0.25) is 0 Å². The Hall–Kier alpha value is -3.09. The average Bonchev–Trinajstić information content (AvgIpc) is 3.29. The van der Waals surface area contributed by atoms with E-state index < -0.39 is 24.5 Å². The maximum absolute atomic E-state index is 12.6. The van der Waals surface area contributed by atoms with Crippen LogP contribution in [-0.2, 0) is 12.8 Å². The fourth-order valence-corrected chi connectivity index (χ4v) is 4.62. The Bertz CT molecular complexity index is 1210. The molecule has 2 aromatic heterocycles. The third-order valence-electron chi connectivity index (χ3n) is 6.87. The Labute approximate surface area is 202 Å². The van der Waals surface area contributed by atoms with Gasteiger partial charge in [0.1, 0.15) is 23.9 Å². The number of piperazine rings is 1. The van der Waals surface area contributed by atoms with Gasteiger partial charge in [-0.05, 0) is 35.6 Å². The predicted octanol–water partition coefficient (Wildman–Crippen LogP) is 0.303. The molecule has 186 valence electrons. The van der Waals surface area contributed by atoms with E-state index >= 15 is 0 Å². The molecule has 0 saturated carbocycles. The molecule has 1 saturated heterocycles. The summed E-state index contributed by atoms with van der Waals surface area (Å²) in [6.45, 7) is 2.61. The molecular formula is C24H30N6O5. The lowest BCUT2D eigenvalue weighted by Crippen LogP contribution is -2.48. The van der Waals surface area contributed by atoms with Gasteiger partial charge >= 0.3 is 6.03 Å². The normalized spacial score (nSPS) is 18.9. The molecule has 5 rings (SSSR count). The smallest absolute Gasteiger partial charge is 0.323 e. The molecule has 3 aromatic rings. The largest absolute Gasteiger partial charge is 0.390 e. The standard InChI is InChI=1S/C24H30N6O5/c31-18(16-4-2-14-1-3-15(14)11-16)12-19(32)20(33)23(34)30-8-5-17-21(26-13-27-22(17)30)28-24(35)29-9-6-25-7-10-29/h2,4-5,8,11,13,18-20,23,25,31-34H,1,3,6-7,9-10,12H2,(H,26,27,28,35)/t18-,19+,20+,23+/m0/s1. The van der Waals surface area contributed by atoms with Crippen molar-refractivity contribution in [2.45, 2.75) is 43.8 Å². The molecule has 1 aliphatic heterocycles. The van der Waals surface area contributed by atoms with Crippen LogP contribution in [-0.4, -0.2) is 84.3 Å². The second-order valence-electron chi connectivity index (χ2n) is 9.10. The summed E-state index contributed by atoms with van der Waals surface area (Å²) in [6, 6.07) is 7.07. The Kier molecular flexibility index (Phi) is 6.67. The number of hydrogen-bond donors (Lipinski definition) is 6. The monoisotopic (exact) mass is 482 g/mol. The van der Waals surface area contributed by atoms with E-state index in [1.165, 1.54) is 28.2 Å². The number of aliphatic hydroxyl groups excluding tert-OH is 4. The molecular weight excluding hydrogens is 452 g/mol. The first-order valence-corrected chi connectivity index (χ1v) is 11.8. The summed E-state index contributed by atoms with van der Waals surface area (Å²) in [7, 11) is 0. The number of fused-ring (bicyclic) bond motifs is 2. The summed E-state index contributed by atoms with van der Waals surface area (Å²) in [5, 5.41) is 49.0. The zero-order chi connectivity index (χ0) is 24.5. The lowest BCUT2D eigenvalue weighted by molar-refractivity contribution is -0.100. The van der Waals surface area contributed by atoms with E-state index in [1.807, 2.05) is 18.2 Å². The zero-order valence-corrected chi connectivity index (χ0v) is 19.2. The summed E-state index contributed by atoms with van der Waals surface area (Å²) < 4.78 is 1.31. The first-order valence-electron chi connectivity index (χ1n) is 11.8. The van der Waals surface area contributed by atoms with Crippen molar-refractivity contribution in [1.82, 2.24) is 24.8 Å². The van der Waals surface area contributed by atoms with Crippen molar-refractivity contribution in [3.63, 3.8) is 0 Å². The van der Waals surface area contributed by atoms with E-state index in [-0.39, 0.29) is 23.9 Å². The second kappa shape index (κ2) is 9.88. The third kappa shape index (κ3) is 4.73. The van der Waals surface area contributed by atoms with Gasteiger partial charge in [-0.2, -0.15) is 0 Å². The van der Waals surface area contributed by atoms with Crippen LogP contribution in [0.4, 0.5) is 10.6 Å². The molecule has 3 heterocycles. The number of anilines is 1. The van der Waals surface area contributed by atoms with Gasteiger partial charge in [-0.1, -0.05) is 18.2 Å². The fourth-order valence-electron chi connectivity index (χ4n) is 4.62. The molecule has 0 radical (unpaired) electrons. The van der Waals surface area contributed by atoms with Crippen molar-refractivity contribution in [1.29, 1.82) is 0 Å². The van der Waals surface area contributed by atoms with Crippen LogP contribution >= 0.6 is 0 Å². The minimum Gasteiger partial charge on any atom is -0.390 e. The van der Waals surface area contributed by atoms with Crippen molar-refractivity contribution in [3.05, 3.63) is 53.5 Å². The molecule has 4 atom stereocenters. The number of benzene rings is 1. The van der Waals surface area contributed by atoms with Crippen LogP contribution in [0.25, 0.3) is 11.0 Å². The van der Waals surface area contributed by atoms with Crippen molar-refractivity contribution in [2.75, 3.05) is 31.5 Å². The summed E-state index contributed by atoms with van der Waals surface area (Å²) >= 11 is 0. The molecule has 11 heteroatoms. The number of hydrogen-bond acceptors (Lipinski definition) is 8. The van der Waals surface area contributed by atoms with Crippen molar-refractivity contribution >= 4 is 22.9 Å². The SMILES string of the molecule is O=C(Nc1ncnc2c1ccn2[C@H](O)[C@H](O)[C@H](O)C[C@H](O)c1ccc2c(c1)CC2)N1CCNCC1. The van der Waals surface area contributed by atoms with E-state index in [0.29, 0.717) is 24.0 Å². The van der Waals surface area contributed by atoms with Crippen molar-refractivity contribution in [3.8, 4) is 0 Å². The zero-order valence-electron chi connectivity index (χ0n) is 19.2. The molecule has 2 amide bonds. The minimum absolute atomic E-state index is 0.142. The fraction of sp³-hybridized carbons (Fsp3) is 0.458. The molecule has 1 aromatic carbocycles. The minimum atomic E-state index is -1.58. The molecule has 0 unspecified atom stereocenters. The topological polar surface area (TPSA) is 156 Å². The van der Waals surface area contributed by atoms with Gasteiger partial charge < -0.3 is 35.2 Å². The van der Waals surface area contributed by atoms with Crippen LogP contribution in [0.5, 0.6) is 0 Å². The third-order valence-corrected chi connectivity index (χ3v) is 6.87. The molecule has 1 aliphatic carbocycles. The molecule has 1 fully saturated rings. The van der Waals surface area contributed by atoms with Crippen LogP contribution in [0.1, 0.15) is 35.4 Å². The van der Waals surface area contributed by atoms with E-state index in [1.54, 1.807) is 11.0 Å². The van der Waals surface area contributed by atoms with Gasteiger partial charge in [0.25, 0.3) is 0 Å². The van der Waals surface area contributed by atoms with Crippen LogP contribution in [0.15, 0.2) is 36.8 Å². The summed E-state index contributed by atoms with van der Waals surface area (Å²) in [5.74, 6) is 0.288. The number of aromatic nitrogens is 3. The van der Waals surface area contributed by atoms with Gasteiger partial charge in [-0.25, -0.2) is 14.8 Å². The number of amides is 2. The molecule has 11 nitrogen and oxygen atoms in total. The van der Waals surface area contributed by atoms with Gasteiger partial charge in [-0.15, -0.1) is 0 Å². The summed E-state index contributed by atoms with van der Waals surface area (Å²) in [5.41, 5.74) is 3.42. The van der Waals surface area contributed by atoms with E-state index in [9.17, 15) is 25.2 Å². The van der Waals surface area contributed by atoms with Crippen molar-refractivity contribution < 1.29 is 25.2 Å². The van der Waals surface area contributed by atoms with Gasteiger partial charge in [0.15, 0.2) is 6.23 Å².